The summed E-state index contributed by atoms with van der Waals surface area (Å²) in [7, 11) is 0. The van der Waals surface area contributed by atoms with Crippen molar-refractivity contribution in [1.29, 1.82) is 0 Å². The molecule has 0 saturated carbocycles. The van der Waals surface area contributed by atoms with Gasteiger partial charge in [-0.05, 0) is 44.2 Å². The molecular weight excluding hydrogens is 270 g/mol. The molecule has 1 unspecified atom stereocenters. The number of thiophene rings is 2. The fourth-order valence-corrected chi connectivity index (χ4v) is 4.14. The first-order chi connectivity index (χ1) is 8.11. The van der Waals surface area contributed by atoms with Crippen LogP contribution in [0.15, 0.2) is 18.2 Å². The Kier molecular flexibility index (Phi) is 4.26. The molecule has 0 spiro atoms. The van der Waals surface area contributed by atoms with Gasteiger partial charge in [-0.3, -0.25) is 0 Å². The highest BCUT2D eigenvalue weighted by Gasteiger charge is 2.17. The van der Waals surface area contributed by atoms with Crippen molar-refractivity contribution < 1.29 is 0 Å². The first kappa shape index (κ1) is 13.1. The molecule has 0 aliphatic heterocycles. The Balaban J connectivity index is 2.34. The largest absolute Gasteiger partial charge is 0.305 e. The molecule has 0 radical (unpaired) electrons. The third-order valence-electron chi connectivity index (χ3n) is 2.76. The van der Waals surface area contributed by atoms with Crippen LogP contribution >= 0.6 is 34.3 Å². The molecule has 2 aromatic heterocycles. The monoisotopic (exact) mass is 285 g/mol. The Morgan fingerprint density at radius 3 is 2.47 bits per heavy atom. The SMILES string of the molecule is CCNC(c1ccc(Cl)s1)c1cc(C)c(C)s1. The van der Waals surface area contributed by atoms with Gasteiger partial charge in [0.2, 0.25) is 0 Å². The van der Waals surface area contributed by atoms with Crippen molar-refractivity contribution in [3.63, 3.8) is 0 Å². The number of hydrogen-bond acceptors (Lipinski definition) is 3. The van der Waals surface area contributed by atoms with Crippen LogP contribution in [0.4, 0.5) is 0 Å². The van der Waals surface area contributed by atoms with Gasteiger partial charge in [-0.15, -0.1) is 22.7 Å². The fraction of sp³-hybridized carbons (Fsp3) is 0.385. The molecule has 0 saturated heterocycles. The Morgan fingerprint density at radius 1 is 1.24 bits per heavy atom. The minimum absolute atomic E-state index is 0.287. The summed E-state index contributed by atoms with van der Waals surface area (Å²) < 4.78 is 0.855. The summed E-state index contributed by atoms with van der Waals surface area (Å²) in [6.45, 7) is 7.43. The average Bonchev–Trinajstić information content (AvgIpc) is 2.83. The molecule has 4 heteroatoms. The van der Waals surface area contributed by atoms with Crippen molar-refractivity contribution >= 4 is 34.3 Å². The Labute approximate surface area is 115 Å². The molecule has 92 valence electrons. The lowest BCUT2D eigenvalue weighted by atomic mass is 10.1. The van der Waals surface area contributed by atoms with Gasteiger partial charge in [-0.1, -0.05) is 18.5 Å². The number of aryl methyl sites for hydroxylation is 2. The number of nitrogens with one attached hydrogen (secondary N) is 1. The van der Waals surface area contributed by atoms with E-state index < -0.39 is 0 Å². The van der Waals surface area contributed by atoms with Gasteiger partial charge < -0.3 is 5.32 Å². The van der Waals surface area contributed by atoms with Gasteiger partial charge in [-0.2, -0.15) is 0 Å². The third-order valence-corrected chi connectivity index (χ3v) is 5.27. The fourth-order valence-electron chi connectivity index (χ4n) is 1.77. The standard InChI is InChI=1S/C13H16ClNS2/c1-4-15-13(10-5-6-12(14)17-10)11-7-8(2)9(3)16-11/h5-7,13,15H,4H2,1-3H3. The van der Waals surface area contributed by atoms with Crippen LogP contribution in [0.5, 0.6) is 0 Å². The van der Waals surface area contributed by atoms with Gasteiger partial charge in [0, 0.05) is 14.6 Å². The Morgan fingerprint density at radius 2 is 2.00 bits per heavy atom. The molecule has 0 aromatic carbocycles. The van der Waals surface area contributed by atoms with Crippen LogP contribution in [0.3, 0.4) is 0 Å². The highest BCUT2D eigenvalue weighted by molar-refractivity contribution is 7.16. The van der Waals surface area contributed by atoms with Crippen molar-refractivity contribution in [2.24, 2.45) is 0 Å². The van der Waals surface area contributed by atoms with Crippen molar-refractivity contribution in [2.75, 3.05) is 6.54 Å². The predicted octanol–water partition coefficient (Wildman–Crippen LogP) is 4.78. The molecule has 0 fully saturated rings. The van der Waals surface area contributed by atoms with Crippen LogP contribution in [0.25, 0.3) is 0 Å². The van der Waals surface area contributed by atoms with Gasteiger partial charge in [-0.25, -0.2) is 0 Å². The maximum Gasteiger partial charge on any atom is 0.0931 e. The zero-order valence-corrected chi connectivity index (χ0v) is 12.6. The van der Waals surface area contributed by atoms with E-state index in [0.717, 1.165) is 10.9 Å². The average molecular weight is 286 g/mol. The Bertz CT molecular complexity index is 482. The summed E-state index contributed by atoms with van der Waals surface area (Å²) in [5.74, 6) is 0. The molecule has 1 atom stereocenters. The number of halogens is 1. The lowest BCUT2D eigenvalue weighted by Crippen LogP contribution is -2.20. The minimum Gasteiger partial charge on any atom is -0.305 e. The highest BCUT2D eigenvalue weighted by Crippen LogP contribution is 2.35. The molecule has 2 rings (SSSR count). The quantitative estimate of drug-likeness (QED) is 0.852. The molecule has 0 aliphatic carbocycles. The lowest BCUT2D eigenvalue weighted by molar-refractivity contribution is 0.648. The molecule has 17 heavy (non-hydrogen) atoms. The van der Waals surface area contributed by atoms with Crippen molar-refractivity contribution in [3.8, 4) is 0 Å². The van der Waals surface area contributed by atoms with Crippen LogP contribution in [0.2, 0.25) is 4.34 Å². The van der Waals surface area contributed by atoms with E-state index in [1.807, 2.05) is 17.4 Å². The van der Waals surface area contributed by atoms with E-state index in [2.05, 4.69) is 38.2 Å². The number of rotatable bonds is 4. The normalized spacial score (nSPS) is 12.9. The van der Waals surface area contributed by atoms with E-state index in [1.54, 1.807) is 11.3 Å². The molecule has 0 bridgehead atoms. The summed E-state index contributed by atoms with van der Waals surface area (Å²) in [6, 6.07) is 6.65. The lowest BCUT2D eigenvalue weighted by Gasteiger charge is -2.14. The zero-order valence-electron chi connectivity index (χ0n) is 10.2. The van der Waals surface area contributed by atoms with Gasteiger partial charge >= 0.3 is 0 Å². The van der Waals surface area contributed by atoms with E-state index in [4.69, 9.17) is 11.6 Å². The second kappa shape index (κ2) is 5.53. The third kappa shape index (κ3) is 2.91. The summed E-state index contributed by atoms with van der Waals surface area (Å²) in [5.41, 5.74) is 1.37. The number of hydrogen-bond donors (Lipinski definition) is 1. The van der Waals surface area contributed by atoms with Gasteiger partial charge in [0.05, 0.1) is 10.4 Å². The smallest absolute Gasteiger partial charge is 0.0931 e. The van der Waals surface area contributed by atoms with E-state index in [1.165, 1.54) is 20.2 Å². The minimum atomic E-state index is 0.287. The predicted molar refractivity (Wildman–Crippen MR) is 78.6 cm³/mol. The van der Waals surface area contributed by atoms with Crippen LogP contribution in [0.1, 0.15) is 33.2 Å². The second-order valence-electron chi connectivity index (χ2n) is 4.02. The van der Waals surface area contributed by atoms with Gasteiger partial charge in [0.25, 0.3) is 0 Å². The van der Waals surface area contributed by atoms with Gasteiger partial charge in [0.15, 0.2) is 0 Å². The van der Waals surface area contributed by atoms with E-state index in [0.29, 0.717) is 0 Å². The van der Waals surface area contributed by atoms with E-state index in [-0.39, 0.29) is 6.04 Å². The molecule has 0 amide bonds. The second-order valence-corrected chi connectivity index (χ2v) is 7.06. The first-order valence-electron chi connectivity index (χ1n) is 5.67. The highest BCUT2D eigenvalue weighted by atomic mass is 35.5. The topological polar surface area (TPSA) is 12.0 Å². The molecule has 1 nitrogen and oxygen atoms in total. The molecule has 2 aromatic rings. The van der Waals surface area contributed by atoms with Crippen molar-refractivity contribution in [2.45, 2.75) is 26.8 Å². The molecule has 1 N–H and O–H groups in total. The summed E-state index contributed by atoms with van der Waals surface area (Å²) in [4.78, 5) is 4.06. The van der Waals surface area contributed by atoms with E-state index in [9.17, 15) is 0 Å². The van der Waals surface area contributed by atoms with E-state index >= 15 is 0 Å². The molecular formula is C13H16ClNS2. The summed E-state index contributed by atoms with van der Waals surface area (Å²) >= 11 is 9.55. The maximum atomic E-state index is 6.02. The van der Waals surface area contributed by atoms with Crippen LogP contribution < -0.4 is 5.32 Å². The van der Waals surface area contributed by atoms with Crippen LogP contribution in [0, 0.1) is 13.8 Å². The summed E-state index contributed by atoms with van der Waals surface area (Å²) in [5, 5.41) is 3.53. The van der Waals surface area contributed by atoms with Crippen LogP contribution in [-0.2, 0) is 0 Å². The van der Waals surface area contributed by atoms with Crippen LogP contribution in [-0.4, -0.2) is 6.54 Å². The zero-order chi connectivity index (χ0) is 12.4. The van der Waals surface area contributed by atoms with Crippen molar-refractivity contribution in [3.05, 3.63) is 42.7 Å². The molecule has 0 aliphatic rings. The van der Waals surface area contributed by atoms with Gasteiger partial charge in [0.1, 0.15) is 0 Å². The maximum absolute atomic E-state index is 6.02. The first-order valence-corrected chi connectivity index (χ1v) is 7.68. The summed E-state index contributed by atoms with van der Waals surface area (Å²) in [6.07, 6.45) is 0. The Hall–Kier alpha value is -0.350. The molecule has 2 heterocycles. The van der Waals surface area contributed by atoms with Crippen molar-refractivity contribution in [1.82, 2.24) is 5.32 Å².